The van der Waals surface area contributed by atoms with Crippen molar-refractivity contribution in [3.05, 3.63) is 47.3 Å². The molecule has 0 aromatic heterocycles. The minimum Gasteiger partial charge on any atom is -0.477 e. The lowest BCUT2D eigenvalue weighted by Crippen LogP contribution is -2.47. The van der Waals surface area contributed by atoms with Gasteiger partial charge < -0.3 is 15.2 Å². The number of nitrogens with one attached hydrogen (secondary N) is 1. The Balaban J connectivity index is 2.29. The largest absolute Gasteiger partial charge is 0.477 e. The Labute approximate surface area is 138 Å². The van der Waals surface area contributed by atoms with Gasteiger partial charge in [-0.25, -0.2) is 9.18 Å². The van der Waals surface area contributed by atoms with Crippen LogP contribution in [-0.4, -0.2) is 16.8 Å². The summed E-state index contributed by atoms with van der Waals surface area (Å²) in [5, 5.41) is 21.7. The molecule has 0 amide bonds. The fourth-order valence-electron chi connectivity index (χ4n) is 2.93. The van der Waals surface area contributed by atoms with Crippen LogP contribution in [0, 0.1) is 24.1 Å². The second-order valence-corrected chi connectivity index (χ2v) is 5.58. The van der Waals surface area contributed by atoms with Crippen LogP contribution in [0.1, 0.15) is 24.5 Å². The van der Waals surface area contributed by atoms with Gasteiger partial charge in [0.15, 0.2) is 11.6 Å². The molecule has 3 rings (SSSR count). The first kappa shape index (κ1) is 15.8. The number of carboxylic acids is 1. The van der Waals surface area contributed by atoms with Crippen molar-refractivity contribution in [2.45, 2.75) is 26.0 Å². The standard InChI is InChI=1S/C18H15FN2O3/c1-3-18(17(22)23)21-15-12(9-20)10(2)13(14(19)16(15)24-18)11-7-5-4-6-8-11/h4-8,21H,3H2,1-2H3,(H,22,23). The fraction of sp³-hybridized carbons (Fsp3) is 0.222. The Morgan fingerprint density at radius 3 is 2.62 bits per heavy atom. The molecule has 1 aliphatic rings. The summed E-state index contributed by atoms with van der Waals surface area (Å²) in [6, 6.07) is 10.8. The van der Waals surface area contributed by atoms with Gasteiger partial charge in [-0.1, -0.05) is 37.3 Å². The van der Waals surface area contributed by atoms with Crippen LogP contribution < -0.4 is 10.1 Å². The molecule has 122 valence electrons. The Morgan fingerprint density at radius 1 is 1.42 bits per heavy atom. The Bertz CT molecular complexity index is 874. The Hall–Kier alpha value is -3.07. The van der Waals surface area contributed by atoms with Crippen molar-refractivity contribution < 1.29 is 19.0 Å². The van der Waals surface area contributed by atoms with E-state index in [4.69, 9.17) is 4.74 Å². The molecule has 1 atom stereocenters. The molecule has 0 radical (unpaired) electrons. The van der Waals surface area contributed by atoms with E-state index in [9.17, 15) is 15.2 Å². The monoisotopic (exact) mass is 326 g/mol. The fourth-order valence-corrected chi connectivity index (χ4v) is 2.93. The molecule has 0 bridgehead atoms. The number of carbonyl (C=O) groups is 1. The second-order valence-electron chi connectivity index (χ2n) is 5.58. The molecule has 1 unspecified atom stereocenters. The van der Waals surface area contributed by atoms with Crippen molar-refractivity contribution in [1.29, 1.82) is 5.26 Å². The van der Waals surface area contributed by atoms with E-state index in [-0.39, 0.29) is 29.0 Å². The molecular weight excluding hydrogens is 311 g/mol. The number of rotatable bonds is 3. The van der Waals surface area contributed by atoms with Crippen molar-refractivity contribution in [3.8, 4) is 22.9 Å². The summed E-state index contributed by atoms with van der Waals surface area (Å²) in [7, 11) is 0. The van der Waals surface area contributed by atoms with Gasteiger partial charge in [0, 0.05) is 12.0 Å². The van der Waals surface area contributed by atoms with Gasteiger partial charge in [0.2, 0.25) is 0 Å². The third kappa shape index (κ3) is 2.09. The Morgan fingerprint density at radius 2 is 2.08 bits per heavy atom. The van der Waals surface area contributed by atoms with Crippen molar-refractivity contribution in [2.24, 2.45) is 0 Å². The summed E-state index contributed by atoms with van der Waals surface area (Å²) in [4.78, 5) is 11.6. The second kappa shape index (κ2) is 5.53. The number of aliphatic carboxylic acids is 1. The molecule has 5 nitrogen and oxygen atoms in total. The summed E-state index contributed by atoms with van der Waals surface area (Å²) in [5.74, 6) is -2.15. The van der Waals surface area contributed by atoms with E-state index in [2.05, 4.69) is 5.32 Å². The molecule has 2 aromatic carbocycles. The van der Waals surface area contributed by atoms with Crippen molar-refractivity contribution in [1.82, 2.24) is 0 Å². The number of nitrogens with zero attached hydrogens (tertiary/aromatic N) is 1. The highest BCUT2D eigenvalue weighted by Gasteiger charge is 2.48. The van der Waals surface area contributed by atoms with Gasteiger partial charge in [-0.2, -0.15) is 5.26 Å². The maximum Gasteiger partial charge on any atom is 0.369 e. The summed E-state index contributed by atoms with van der Waals surface area (Å²) < 4.78 is 20.6. The summed E-state index contributed by atoms with van der Waals surface area (Å²) >= 11 is 0. The molecule has 0 saturated carbocycles. The van der Waals surface area contributed by atoms with E-state index in [0.717, 1.165) is 0 Å². The summed E-state index contributed by atoms with van der Waals surface area (Å²) in [6.45, 7) is 3.25. The molecule has 1 aliphatic heterocycles. The molecule has 24 heavy (non-hydrogen) atoms. The van der Waals surface area contributed by atoms with Gasteiger partial charge in [0.05, 0.1) is 5.56 Å². The molecule has 0 saturated heterocycles. The van der Waals surface area contributed by atoms with E-state index < -0.39 is 17.5 Å². The van der Waals surface area contributed by atoms with Crippen LogP contribution in [0.25, 0.3) is 11.1 Å². The smallest absolute Gasteiger partial charge is 0.369 e. The molecular formula is C18H15FN2O3. The van der Waals surface area contributed by atoms with Crippen LogP contribution in [0.4, 0.5) is 10.1 Å². The van der Waals surface area contributed by atoms with Crippen molar-refractivity contribution in [2.75, 3.05) is 5.32 Å². The normalized spacial score (nSPS) is 18.2. The van der Waals surface area contributed by atoms with Crippen LogP contribution in [0.5, 0.6) is 5.75 Å². The van der Waals surface area contributed by atoms with Crippen LogP contribution in [0.15, 0.2) is 30.3 Å². The van der Waals surface area contributed by atoms with Gasteiger partial charge in [-0.3, -0.25) is 0 Å². The van der Waals surface area contributed by atoms with Crippen molar-refractivity contribution >= 4 is 11.7 Å². The maximum absolute atomic E-state index is 15.1. The van der Waals surface area contributed by atoms with E-state index in [0.29, 0.717) is 11.1 Å². The molecule has 0 fully saturated rings. The number of nitriles is 1. The number of hydrogen-bond donors (Lipinski definition) is 2. The van der Waals surface area contributed by atoms with Gasteiger partial charge >= 0.3 is 5.97 Å². The first-order chi connectivity index (χ1) is 11.4. The number of hydrogen-bond acceptors (Lipinski definition) is 4. The maximum atomic E-state index is 15.1. The number of fused-ring (bicyclic) bond motifs is 1. The first-order valence-corrected chi connectivity index (χ1v) is 7.47. The minimum atomic E-state index is -1.77. The zero-order valence-corrected chi connectivity index (χ0v) is 13.2. The lowest BCUT2D eigenvalue weighted by molar-refractivity contribution is -0.152. The van der Waals surface area contributed by atoms with Gasteiger partial charge in [0.1, 0.15) is 11.8 Å². The average Bonchev–Trinajstić information content (AvgIpc) is 2.98. The lowest BCUT2D eigenvalue weighted by atomic mass is 9.94. The Kier molecular flexibility index (Phi) is 3.64. The van der Waals surface area contributed by atoms with Gasteiger partial charge in [-0.15, -0.1) is 0 Å². The van der Waals surface area contributed by atoms with Crippen molar-refractivity contribution in [3.63, 3.8) is 0 Å². The highest BCUT2D eigenvalue weighted by atomic mass is 19.1. The minimum absolute atomic E-state index is 0.0705. The average molecular weight is 326 g/mol. The quantitative estimate of drug-likeness (QED) is 0.899. The van der Waals surface area contributed by atoms with Gasteiger partial charge in [-0.05, 0) is 18.1 Å². The van der Waals surface area contributed by atoms with E-state index in [1.807, 2.05) is 6.07 Å². The van der Waals surface area contributed by atoms with Crippen LogP contribution in [0.3, 0.4) is 0 Å². The number of benzene rings is 2. The van der Waals surface area contributed by atoms with E-state index in [1.54, 1.807) is 44.2 Å². The highest BCUT2D eigenvalue weighted by molar-refractivity contribution is 5.89. The van der Waals surface area contributed by atoms with Crippen LogP contribution in [0.2, 0.25) is 0 Å². The summed E-state index contributed by atoms with van der Waals surface area (Å²) in [5.41, 5.74) is -0.215. The number of carboxylic acid groups (broad SMARTS) is 1. The van der Waals surface area contributed by atoms with Gasteiger partial charge in [0.25, 0.3) is 5.72 Å². The first-order valence-electron chi connectivity index (χ1n) is 7.47. The zero-order chi connectivity index (χ0) is 17.5. The molecule has 6 heteroatoms. The SMILES string of the molecule is CCC1(C(=O)O)Nc2c(C#N)c(C)c(-c3ccccc3)c(F)c2O1. The predicted octanol–water partition coefficient (Wildman–Crippen LogP) is 3.67. The number of ether oxygens (including phenoxy) is 1. The topological polar surface area (TPSA) is 82.4 Å². The summed E-state index contributed by atoms with van der Waals surface area (Å²) in [6.07, 6.45) is 0.0705. The highest BCUT2D eigenvalue weighted by Crippen LogP contribution is 2.47. The third-order valence-corrected chi connectivity index (χ3v) is 4.27. The van der Waals surface area contributed by atoms with Crippen LogP contribution >= 0.6 is 0 Å². The molecule has 0 spiro atoms. The van der Waals surface area contributed by atoms with Crippen LogP contribution in [-0.2, 0) is 4.79 Å². The van der Waals surface area contributed by atoms with E-state index in [1.165, 1.54) is 0 Å². The molecule has 2 N–H and O–H groups in total. The molecule has 2 aromatic rings. The lowest BCUT2D eigenvalue weighted by Gasteiger charge is -2.22. The van der Waals surface area contributed by atoms with E-state index >= 15 is 4.39 Å². The number of halogens is 1. The zero-order valence-electron chi connectivity index (χ0n) is 13.2. The molecule has 1 heterocycles. The number of anilines is 1. The predicted molar refractivity (Wildman–Crippen MR) is 86.2 cm³/mol. The third-order valence-electron chi connectivity index (χ3n) is 4.27. The molecule has 0 aliphatic carbocycles.